The first-order valence-corrected chi connectivity index (χ1v) is 9.58. The number of carbonyl (C=O) groups is 2. The van der Waals surface area contributed by atoms with Crippen molar-refractivity contribution in [3.8, 4) is 0 Å². The van der Waals surface area contributed by atoms with Crippen LogP contribution in [-0.2, 0) is 4.79 Å². The fourth-order valence-electron chi connectivity index (χ4n) is 2.40. The number of anilines is 1. The Labute approximate surface area is 160 Å². The zero-order valence-corrected chi connectivity index (χ0v) is 16.2. The predicted molar refractivity (Wildman–Crippen MR) is 108 cm³/mol. The van der Waals surface area contributed by atoms with Crippen LogP contribution in [0.2, 0.25) is 0 Å². The molecule has 0 aromatic heterocycles. The van der Waals surface area contributed by atoms with Crippen LogP contribution in [-0.4, -0.2) is 35.2 Å². The number of hydrogen-bond acceptors (Lipinski definition) is 4. The highest BCUT2D eigenvalue weighted by Crippen LogP contribution is 2.15. The Bertz CT molecular complexity index is 593. The molecule has 0 unspecified atom stereocenters. The number of carbonyl (C=O) groups excluding carboxylic acids is 2. The predicted octanol–water partition coefficient (Wildman–Crippen LogP) is 2.97. The first-order valence-electron chi connectivity index (χ1n) is 9.17. The zero-order valence-electron chi connectivity index (χ0n) is 15.3. The van der Waals surface area contributed by atoms with Crippen molar-refractivity contribution in [2.45, 2.75) is 51.9 Å². The maximum atomic E-state index is 12.2. The van der Waals surface area contributed by atoms with Crippen LogP contribution in [0.3, 0.4) is 0 Å². The lowest BCUT2D eigenvalue weighted by atomic mass is 10.1. The molecule has 0 saturated carbocycles. The molecule has 2 amide bonds. The second kappa shape index (κ2) is 13.2. The van der Waals surface area contributed by atoms with Crippen LogP contribution >= 0.6 is 12.2 Å². The minimum Gasteiger partial charge on any atom is -0.396 e. The molecule has 26 heavy (non-hydrogen) atoms. The summed E-state index contributed by atoms with van der Waals surface area (Å²) in [6, 6.07) is 6.94. The van der Waals surface area contributed by atoms with E-state index in [0.29, 0.717) is 30.6 Å². The summed E-state index contributed by atoms with van der Waals surface area (Å²) in [5, 5.41) is 17.3. The zero-order chi connectivity index (χ0) is 19.2. The Morgan fingerprint density at radius 1 is 1.08 bits per heavy atom. The largest absolute Gasteiger partial charge is 0.396 e. The summed E-state index contributed by atoms with van der Waals surface area (Å²) < 4.78 is 0. The van der Waals surface area contributed by atoms with E-state index in [9.17, 15) is 9.59 Å². The fourth-order valence-corrected chi connectivity index (χ4v) is 2.62. The van der Waals surface area contributed by atoms with Crippen LogP contribution in [0, 0.1) is 0 Å². The Balaban J connectivity index is 2.48. The van der Waals surface area contributed by atoms with E-state index in [1.165, 1.54) is 12.8 Å². The van der Waals surface area contributed by atoms with Gasteiger partial charge in [0, 0.05) is 19.6 Å². The lowest BCUT2D eigenvalue weighted by Gasteiger charge is -2.13. The molecule has 4 N–H and O–H groups in total. The molecule has 0 fully saturated rings. The number of nitrogens with one attached hydrogen (secondary N) is 3. The molecule has 0 spiro atoms. The summed E-state index contributed by atoms with van der Waals surface area (Å²) in [6.07, 6.45) is 6.33. The third-order valence-corrected chi connectivity index (χ3v) is 4.00. The van der Waals surface area contributed by atoms with Crippen molar-refractivity contribution in [2.24, 2.45) is 0 Å². The van der Waals surface area contributed by atoms with Crippen LogP contribution in [0.5, 0.6) is 0 Å². The number of unbranched alkanes of at least 4 members (excludes halogenated alkanes) is 4. The van der Waals surface area contributed by atoms with E-state index in [4.69, 9.17) is 17.3 Å². The minimum absolute atomic E-state index is 0.0226. The van der Waals surface area contributed by atoms with Gasteiger partial charge in [0.2, 0.25) is 5.91 Å². The molecule has 0 radical (unpaired) electrons. The van der Waals surface area contributed by atoms with Crippen molar-refractivity contribution < 1.29 is 14.7 Å². The van der Waals surface area contributed by atoms with Crippen LogP contribution in [0.4, 0.5) is 5.69 Å². The van der Waals surface area contributed by atoms with Gasteiger partial charge in [-0.1, -0.05) is 44.7 Å². The van der Waals surface area contributed by atoms with E-state index in [-0.39, 0.29) is 23.5 Å². The van der Waals surface area contributed by atoms with Gasteiger partial charge in [0.1, 0.15) is 0 Å². The molecular formula is C19H29N3O3S. The Hall–Kier alpha value is -1.99. The summed E-state index contributed by atoms with van der Waals surface area (Å²) in [5.41, 5.74) is 0.962. The molecule has 1 aromatic rings. The van der Waals surface area contributed by atoms with E-state index in [1.54, 1.807) is 24.3 Å². The van der Waals surface area contributed by atoms with Gasteiger partial charge in [-0.3, -0.25) is 9.59 Å². The van der Waals surface area contributed by atoms with E-state index in [0.717, 1.165) is 19.3 Å². The van der Waals surface area contributed by atoms with Crippen molar-refractivity contribution in [3.05, 3.63) is 29.8 Å². The Kier molecular flexibility index (Phi) is 11.2. The first kappa shape index (κ1) is 22.1. The topological polar surface area (TPSA) is 90.5 Å². The summed E-state index contributed by atoms with van der Waals surface area (Å²) in [6.45, 7) is 2.57. The molecule has 0 atom stereocenters. The normalized spacial score (nSPS) is 10.2. The van der Waals surface area contributed by atoms with Gasteiger partial charge in [-0.25, -0.2) is 0 Å². The quantitative estimate of drug-likeness (QED) is 0.351. The van der Waals surface area contributed by atoms with Crippen LogP contribution in [0.25, 0.3) is 0 Å². The number of amides is 2. The van der Waals surface area contributed by atoms with Gasteiger partial charge in [-0.15, -0.1) is 0 Å². The first-order chi connectivity index (χ1) is 12.6. The smallest absolute Gasteiger partial charge is 0.253 e. The molecule has 0 aliphatic rings. The van der Waals surface area contributed by atoms with Crippen molar-refractivity contribution in [2.75, 3.05) is 18.5 Å². The van der Waals surface area contributed by atoms with Crippen molar-refractivity contribution >= 4 is 34.8 Å². The standard InChI is InChI=1S/C19H29N3O3S/c1-2-3-4-5-6-12-17(24)22-19(26)21-16-11-8-7-10-15(16)18(25)20-13-9-14-23/h7-8,10-11,23H,2-6,9,12-14H2,1H3,(H,20,25)(H2,21,22,24,26). The molecule has 0 heterocycles. The molecular weight excluding hydrogens is 350 g/mol. The van der Waals surface area contributed by atoms with Gasteiger partial charge in [-0.05, 0) is 37.2 Å². The number of rotatable bonds is 11. The van der Waals surface area contributed by atoms with Crippen molar-refractivity contribution in [1.29, 1.82) is 0 Å². The maximum absolute atomic E-state index is 12.2. The molecule has 0 aliphatic carbocycles. The average molecular weight is 380 g/mol. The van der Waals surface area contributed by atoms with Crippen molar-refractivity contribution in [1.82, 2.24) is 10.6 Å². The minimum atomic E-state index is -0.258. The highest BCUT2D eigenvalue weighted by Gasteiger charge is 2.12. The molecule has 6 nitrogen and oxygen atoms in total. The SMILES string of the molecule is CCCCCCCC(=O)NC(=S)Nc1ccccc1C(=O)NCCCO. The lowest BCUT2D eigenvalue weighted by Crippen LogP contribution is -2.35. The second-order valence-electron chi connectivity index (χ2n) is 6.05. The number of para-hydroxylation sites is 1. The summed E-state index contributed by atoms with van der Waals surface area (Å²) in [7, 11) is 0. The molecule has 7 heteroatoms. The maximum Gasteiger partial charge on any atom is 0.253 e. The van der Waals surface area contributed by atoms with E-state index in [1.807, 2.05) is 0 Å². The lowest BCUT2D eigenvalue weighted by molar-refractivity contribution is -0.119. The third-order valence-electron chi connectivity index (χ3n) is 3.80. The summed E-state index contributed by atoms with van der Waals surface area (Å²) in [5.74, 6) is -0.379. The molecule has 0 aliphatic heterocycles. The van der Waals surface area contributed by atoms with Gasteiger partial charge in [0.15, 0.2) is 5.11 Å². The fraction of sp³-hybridized carbons (Fsp3) is 0.526. The number of hydrogen-bond donors (Lipinski definition) is 4. The van der Waals surface area contributed by atoms with Gasteiger partial charge >= 0.3 is 0 Å². The van der Waals surface area contributed by atoms with Gasteiger partial charge < -0.3 is 21.1 Å². The van der Waals surface area contributed by atoms with E-state index < -0.39 is 0 Å². The molecule has 0 bridgehead atoms. The Morgan fingerprint density at radius 2 is 1.81 bits per heavy atom. The van der Waals surface area contributed by atoms with Gasteiger partial charge in [0.25, 0.3) is 5.91 Å². The van der Waals surface area contributed by atoms with Crippen LogP contribution in [0.1, 0.15) is 62.2 Å². The molecule has 144 valence electrons. The van der Waals surface area contributed by atoms with Gasteiger partial charge in [-0.2, -0.15) is 0 Å². The van der Waals surface area contributed by atoms with Gasteiger partial charge in [0.05, 0.1) is 11.3 Å². The van der Waals surface area contributed by atoms with Crippen molar-refractivity contribution in [3.63, 3.8) is 0 Å². The van der Waals surface area contributed by atoms with Crippen LogP contribution in [0.15, 0.2) is 24.3 Å². The van der Waals surface area contributed by atoms with Crippen LogP contribution < -0.4 is 16.0 Å². The molecule has 1 rings (SSSR count). The molecule has 0 saturated heterocycles. The Morgan fingerprint density at radius 3 is 2.54 bits per heavy atom. The van der Waals surface area contributed by atoms with E-state index in [2.05, 4.69) is 22.9 Å². The summed E-state index contributed by atoms with van der Waals surface area (Å²) in [4.78, 5) is 24.1. The summed E-state index contributed by atoms with van der Waals surface area (Å²) >= 11 is 5.18. The number of thiocarbonyl (C=S) groups is 1. The monoisotopic (exact) mass is 379 g/mol. The third kappa shape index (κ3) is 8.92. The number of aliphatic hydroxyl groups is 1. The average Bonchev–Trinajstić information content (AvgIpc) is 2.62. The number of aliphatic hydroxyl groups excluding tert-OH is 1. The molecule has 1 aromatic carbocycles. The number of benzene rings is 1. The highest BCUT2D eigenvalue weighted by molar-refractivity contribution is 7.80. The second-order valence-corrected chi connectivity index (χ2v) is 6.45. The highest BCUT2D eigenvalue weighted by atomic mass is 32.1. The van der Waals surface area contributed by atoms with E-state index >= 15 is 0 Å².